The zero-order chi connectivity index (χ0) is 19.6. The highest BCUT2D eigenvalue weighted by atomic mass is 35.5. The van der Waals surface area contributed by atoms with E-state index in [4.69, 9.17) is 16.3 Å². The zero-order valence-corrected chi connectivity index (χ0v) is 16.2. The molecule has 3 amide bonds. The first-order valence-electron chi connectivity index (χ1n) is 8.76. The van der Waals surface area contributed by atoms with E-state index in [1.54, 1.807) is 18.2 Å². The second-order valence-corrected chi connectivity index (χ2v) is 6.75. The molecule has 27 heavy (non-hydrogen) atoms. The van der Waals surface area contributed by atoms with Crippen LogP contribution in [0.25, 0.3) is 0 Å². The van der Waals surface area contributed by atoms with Gasteiger partial charge in [-0.3, -0.25) is 4.79 Å². The van der Waals surface area contributed by atoms with E-state index in [-0.39, 0.29) is 17.0 Å². The lowest BCUT2D eigenvalue weighted by molar-refractivity contribution is 0.0949. The Kier molecular flexibility index (Phi) is 7.95. The number of nitrogens with one attached hydrogen (secondary N) is 3. The maximum atomic E-state index is 12.1. The Morgan fingerprint density at radius 3 is 2.48 bits per heavy atom. The first-order chi connectivity index (χ1) is 13.0. The molecule has 144 valence electrons. The number of benzene rings is 2. The van der Waals surface area contributed by atoms with Crippen LogP contribution in [0, 0.1) is 5.92 Å². The van der Waals surface area contributed by atoms with Gasteiger partial charge in [-0.15, -0.1) is 0 Å². The molecule has 2 aromatic rings. The predicted octanol–water partition coefficient (Wildman–Crippen LogP) is 3.93. The Morgan fingerprint density at radius 1 is 1.07 bits per heavy atom. The minimum Gasteiger partial charge on any atom is -0.492 e. The molecular formula is C20H24ClN3O3. The van der Waals surface area contributed by atoms with E-state index in [0.717, 1.165) is 5.75 Å². The van der Waals surface area contributed by atoms with E-state index in [0.29, 0.717) is 36.9 Å². The van der Waals surface area contributed by atoms with Gasteiger partial charge in [0.1, 0.15) is 12.4 Å². The van der Waals surface area contributed by atoms with Gasteiger partial charge in [-0.25, -0.2) is 4.79 Å². The van der Waals surface area contributed by atoms with Crippen LogP contribution in [-0.2, 0) is 0 Å². The molecule has 0 saturated carbocycles. The standard InChI is InChI=1S/C20H24ClN3O3/c1-14(2)13-23-19(25)17-9-8-15(12-18(17)21)24-20(26)22-10-11-27-16-6-4-3-5-7-16/h3-9,12,14H,10-11,13H2,1-2H3,(H,23,25)(H2,22,24,26). The fraction of sp³-hybridized carbons (Fsp3) is 0.300. The van der Waals surface area contributed by atoms with Crippen LogP contribution in [-0.4, -0.2) is 31.6 Å². The molecule has 3 N–H and O–H groups in total. The van der Waals surface area contributed by atoms with E-state index < -0.39 is 0 Å². The third-order valence-corrected chi connectivity index (χ3v) is 3.85. The van der Waals surface area contributed by atoms with Gasteiger partial charge in [-0.05, 0) is 36.2 Å². The normalized spacial score (nSPS) is 10.4. The number of rotatable bonds is 8. The summed E-state index contributed by atoms with van der Waals surface area (Å²) in [6.45, 7) is 5.30. The number of para-hydroxylation sites is 1. The quantitative estimate of drug-likeness (QED) is 0.598. The van der Waals surface area contributed by atoms with Crippen molar-refractivity contribution in [3.05, 3.63) is 59.1 Å². The van der Waals surface area contributed by atoms with Crippen molar-refractivity contribution < 1.29 is 14.3 Å². The molecular weight excluding hydrogens is 366 g/mol. The smallest absolute Gasteiger partial charge is 0.319 e. The van der Waals surface area contributed by atoms with Crippen molar-refractivity contribution in [2.75, 3.05) is 25.0 Å². The van der Waals surface area contributed by atoms with Crippen molar-refractivity contribution in [2.24, 2.45) is 5.92 Å². The minimum absolute atomic E-state index is 0.234. The summed E-state index contributed by atoms with van der Waals surface area (Å²) in [4.78, 5) is 24.0. The molecule has 0 atom stereocenters. The molecule has 0 heterocycles. The summed E-state index contributed by atoms with van der Waals surface area (Å²) >= 11 is 6.17. The molecule has 0 fully saturated rings. The molecule has 6 nitrogen and oxygen atoms in total. The summed E-state index contributed by atoms with van der Waals surface area (Å²) in [7, 11) is 0. The van der Waals surface area contributed by atoms with Crippen molar-refractivity contribution >= 4 is 29.2 Å². The third kappa shape index (κ3) is 7.19. The molecule has 0 bridgehead atoms. The topological polar surface area (TPSA) is 79.5 Å². The Bertz CT molecular complexity index is 766. The van der Waals surface area contributed by atoms with Crippen molar-refractivity contribution in [1.29, 1.82) is 0 Å². The first-order valence-corrected chi connectivity index (χ1v) is 9.14. The van der Waals surface area contributed by atoms with Gasteiger partial charge < -0.3 is 20.7 Å². The second-order valence-electron chi connectivity index (χ2n) is 6.34. The summed E-state index contributed by atoms with van der Waals surface area (Å²) in [6.07, 6.45) is 0. The minimum atomic E-state index is -0.375. The van der Waals surface area contributed by atoms with Gasteiger partial charge >= 0.3 is 6.03 Å². The van der Waals surface area contributed by atoms with Crippen LogP contribution in [0.1, 0.15) is 24.2 Å². The van der Waals surface area contributed by atoms with E-state index in [1.807, 2.05) is 44.2 Å². The number of hydrogen-bond acceptors (Lipinski definition) is 3. The van der Waals surface area contributed by atoms with Gasteiger partial charge in [0.2, 0.25) is 0 Å². The van der Waals surface area contributed by atoms with Gasteiger partial charge in [-0.1, -0.05) is 43.6 Å². The summed E-state index contributed by atoms with van der Waals surface area (Å²) in [6, 6.07) is 13.8. The van der Waals surface area contributed by atoms with Gasteiger partial charge in [0.15, 0.2) is 0 Å². The molecule has 0 radical (unpaired) electrons. The number of anilines is 1. The predicted molar refractivity (Wildman–Crippen MR) is 108 cm³/mol. The highest BCUT2D eigenvalue weighted by Gasteiger charge is 2.12. The van der Waals surface area contributed by atoms with Crippen LogP contribution < -0.4 is 20.7 Å². The average molecular weight is 390 g/mol. The fourth-order valence-corrected chi connectivity index (χ4v) is 2.46. The lowest BCUT2D eigenvalue weighted by Gasteiger charge is -2.11. The number of carbonyl (C=O) groups is 2. The first kappa shape index (κ1) is 20.6. The number of carbonyl (C=O) groups excluding carboxylic acids is 2. The van der Waals surface area contributed by atoms with Crippen LogP contribution in [0.4, 0.5) is 10.5 Å². The van der Waals surface area contributed by atoms with Crippen molar-refractivity contribution in [2.45, 2.75) is 13.8 Å². The lowest BCUT2D eigenvalue weighted by atomic mass is 10.1. The van der Waals surface area contributed by atoms with Crippen molar-refractivity contribution in [1.82, 2.24) is 10.6 Å². The van der Waals surface area contributed by atoms with Gasteiger partial charge in [0, 0.05) is 12.2 Å². The molecule has 0 unspecified atom stereocenters. The Labute approximate surface area is 164 Å². The van der Waals surface area contributed by atoms with E-state index in [9.17, 15) is 9.59 Å². The number of hydrogen-bond donors (Lipinski definition) is 3. The Balaban J connectivity index is 1.78. The average Bonchev–Trinajstić information content (AvgIpc) is 2.64. The molecule has 0 spiro atoms. The summed E-state index contributed by atoms with van der Waals surface area (Å²) < 4.78 is 5.50. The van der Waals surface area contributed by atoms with Crippen LogP contribution in [0.2, 0.25) is 5.02 Å². The highest BCUT2D eigenvalue weighted by molar-refractivity contribution is 6.34. The summed E-state index contributed by atoms with van der Waals surface area (Å²) in [5.74, 6) is 0.865. The molecule has 0 aromatic heterocycles. The molecule has 7 heteroatoms. The maximum Gasteiger partial charge on any atom is 0.319 e. The second kappa shape index (κ2) is 10.4. The van der Waals surface area contributed by atoms with Crippen LogP contribution >= 0.6 is 11.6 Å². The summed E-state index contributed by atoms with van der Waals surface area (Å²) in [5, 5.41) is 8.46. The van der Waals surface area contributed by atoms with E-state index >= 15 is 0 Å². The van der Waals surface area contributed by atoms with Crippen LogP contribution in [0.3, 0.4) is 0 Å². The largest absolute Gasteiger partial charge is 0.492 e. The molecule has 2 rings (SSSR count). The van der Waals surface area contributed by atoms with Gasteiger partial charge in [-0.2, -0.15) is 0 Å². The number of halogens is 1. The number of ether oxygens (including phenoxy) is 1. The van der Waals surface area contributed by atoms with E-state index in [2.05, 4.69) is 16.0 Å². The highest BCUT2D eigenvalue weighted by Crippen LogP contribution is 2.21. The Morgan fingerprint density at radius 2 is 1.81 bits per heavy atom. The maximum absolute atomic E-state index is 12.1. The zero-order valence-electron chi connectivity index (χ0n) is 15.4. The van der Waals surface area contributed by atoms with Crippen molar-refractivity contribution in [3.8, 4) is 5.75 Å². The lowest BCUT2D eigenvalue weighted by Crippen LogP contribution is -2.32. The number of urea groups is 1. The van der Waals surface area contributed by atoms with Crippen LogP contribution in [0.5, 0.6) is 5.75 Å². The molecule has 2 aromatic carbocycles. The van der Waals surface area contributed by atoms with Gasteiger partial charge in [0.25, 0.3) is 5.91 Å². The fourth-order valence-electron chi connectivity index (χ4n) is 2.19. The molecule has 0 aliphatic heterocycles. The van der Waals surface area contributed by atoms with Gasteiger partial charge in [0.05, 0.1) is 17.1 Å². The molecule has 0 aliphatic rings. The van der Waals surface area contributed by atoms with Crippen LogP contribution in [0.15, 0.2) is 48.5 Å². The van der Waals surface area contributed by atoms with Crippen molar-refractivity contribution in [3.63, 3.8) is 0 Å². The summed E-state index contributed by atoms with van der Waals surface area (Å²) in [5.41, 5.74) is 0.876. The SMILES string of the molecule is CC(C)CNC(=O)c1ccc(NC(=O)NCCOc2ccccc2)cc1Cl. The Hall–Kier alpha value is -2.73. The monoisotopic (exact) mass is 389 g/mol. The van der Waals surface area contributed by atoms with E-state index in [1.165, 1.54) is 0 Å². The molecule has 0 aliphatic carbocycles. The third-order valence-electron chi connectivity index (χ3n) is 3.54. The molecule has 0 saturated heterocycles. The number of amides is 3.